The van der Waals surface area contributed by atoms with Crippen LogP contribution in [-0.2, 0) is 9.53 Å². The minimum absolute atomic E-state index is 0.0860. The Balaban J connectivity index is 2.22. The quantitative estimate of drug-likeness (QED) is 0.571. The van der Waals surface area contributed by atoms with E-state index in [9.17, 15) is 4.79 Å². The van der Waals surface area contributed by atoms with Crippen LogP contribution in [0.25, 0.3) is 0 Å². The van der Waals surface area contributed by atoms with E-state index in [1.165, 1.54) is 0 Å². The molecule has 80 valence electrons. The van der Waals surface area contributed by atoms with Gasteiger partial charge in [-0.05, 0) is 18.6 Å². The van der Waals surface area contributed by atoms with E-state index in [-0.39, 0.29) is 12.5 Å². The Hall–Kier alpha value is -1.61. The molecule has 1 N–H and O–H groups in total. The lowest BCUT2D eigenvalue weighted by Gasteiger charge is -2.04. The molecule has 0 aliphatic carbocycles. The van der Waals surface area contributed by atoms with Crippen LogP contribution in [0.3, 0.4) is 0 Å². The predicted molar refractivity (Wildman–Crippen MR) is 60.7 cm³/mol. The third kappa shape index (κ3) is 4.98. The van der Waals surface area contributed by atoms with Gasteiger partial charge in [0.2, 0.25) is 5.91 Å². The van der Waals surface area contributed by atoms with Crippen molar-refractivity contribution in [2.24, 2.45) is 0 Å². The number of benzene rings is 1. The molecule has 0 atom stereocenters. The van der Waals surface area contributed by atoms with E-state index in [1.54, 1.807) is 6.08 Å². The number of hydrogen-bond acceptors (Lipinski definition) is 2. The maximum atomic E-state index is 11.3. The van der Waals surface area contributed by atoms with Crippen molar-refractivity contribution in [1.29, 1.82) is 0 Å². The number of ether oxygens (including phenoxy) is 1. The average molecular weight is 205 g/mol. The number of anilines is 1. The molecular weight excluding hydrogens is 190 g/mol. The Morgan fingerprint density at radius 2 is 2.13 bits per heavy atom. The maximum absolute atomic E-state index is 11.3. The van der Waals surface area contributed by atoms with Crippen molar-refractivity contribution < 1.29 is 9.53 Å². The van der Waals surface area contributed by atoms with E-state index in [4.69, 9.17) is 4.74 Å². The van der Waals surface area contributed by atoms with Crippen LogP contribution in [0.1, 0.15) is 6.42 Å². The summed E-state index contributed by atoms with van der Waals surface area (Å²) in [5.74, 6) is -0.134. The summed E-state index contributed by atoms with van der Waals surface area (Å²) >= 11 is 0. The molecule has 0 fully saturated rings. The molecular formula is C12H15NO2. The van der Waals surface area contributed by atoms with Crippen molar-refractivity contribution in [3.8, 4) is 0 Å². The van der Waals surface area contributed by atoms with Crippen molar-refractivity contribution in [2.45, 2.75) is 6.42 Å². The minimum atomic E-state index is -0.134. The summed E-state index contributed by atoms with van der Waals surface area (Å²) in [4.78, 5) is 11.3. The number of nitrogens with one attached hydrogen (secondary N) is 1. The van der Waals surface area contributed by atoms with Gasteiger partial charge in [0.25, 0.3) is 0 Å². The fraction of sp³-hybridized carbons (Fsp3) is 0.250. The fourth-order valence-corrected chi connectivity index (χ4v) is 1.05. The van der Waals surface area contributed by atoms with Gasteiger partial charge >= 0.3 is 0 Å². The van der Waals surface area contributed by atoms with Crippen molar-refractivity contribution in [3.63, 3.8) is 0 Å². The molecule has 0 bridgehead atoms. The predicted octanol–water partition coefficient (Wildman–Crippen LogP) is 2.22. The van der Waals surface area contributed by atoms with Crippen LogP contribution in [0.15, 0.2) is 43.0 Å². The standard InChI is InChI=1S/C12H15NO2/c1-2-3-9-15-10-12(14)13-11-7-5-4-6-8-11/h2,4-8H,1,3,9-10H2,(H,13,14). The van der Waals surface area contributed by atoms with Crippen LogP contribution in [0.4, 0.5) is 5.69 Å². The summed E-state index contributed by atoms with van der Waals surface area (Å²) in [6.07, 6.45) is 2.52. The van der Waals surface area contributed by atoms with Crippen LogP contribution in [0.2, 0.25) is 0 Å². The molecule has 1 amide bonds. The van der Waals surface area contributed by atoms with E-state index in [2.05, 4.69) is 11.9 Å². The highest BCUT2D eigenvalue weighted by molar-refractivity contribution is 5.91. The highest BCUT2D eigenvalue weighted by atomic mass is 16.5. The van der Waals surface area contributed by atoms with Gasteiger partial charge in [0.05, 0.1) is 6.61 Å². The van der Waals surface area contributed by atoms with Gasteiger partial charge < -0.3 is 10.1 Å². The van der Waals surface area contributed by atoms with Crippen LogP contribution in [0, 0.1) is 0 Å². The molecule has 3 nitrogen and oxygen atoms in total. The number of rotatable bonds is 6. The number of para-hydroxylation sites is 1. The highest BCUT2D eigenvalue weighted by Crippen LogP contribution is 2.04. The third-order valence-corrected chi connectivity index (χ3v) is 1.76. The molecule has 3 heteroatoms. The van der Waals surface area contributed by atoms with Gasteiger partial charge in [-0.1, -0.05) is 24.3 Å². The first-order valence-corrected chi connectivity index (χ1v) is 4.86. The summed E-state index contributed by atoms with van der Waals surface area (Å²) in [6.45, 7) is 4.18. The summed E-state index contributed by atoms with van der Waals surface area (Å²) in [7, 11) is 0. The first kappa shape index (κ1) is 11.5. The topological polar surface area (TPSA) is 38.3 Å². The van der Waals surface area contributed by atoms with Crippen LogP contribution >= 0.6 is 0 Å². The summed E-state index contributed by atoms with van der Waals surface area (Å²) in [6, 6.07) is 9.31. The van der Waals surface area contributed by atoms with Crippen LogP contribution in [0.5, 0.6) is 0 Å². The molecule has 0 unspecified atom stereocenters. The van der Waals surface area contributed by atoms with Gasteiger partial charge in [0, 0.05) is 5.69 Å². The zero-order valence-corrected chi connectivity index (χ0v) is 8.61. The van der Waals surface area contributed by atoms with Crippen LogP contribution < -0.4 is 5.32 Å². The molecule has 0 aliphatic rings. The second-order valence-electron chi connectivity index (χ2n) is 3.04. The van der Waals surface area contributed by atoms with Crippen molar-refractivity contribution in [3.05, 3.63) is 43.0 Å². The lowest BCUT2D eigenvalue weighted by molar-refractivity contribution is -0.120. The van der Waals surface area contributed by atoms with Gasteiger partial charge in [0.15, 0.2) is 0 Å². The number of carbonyl (C=O) groups is 1. The Kier molecular flexibility index (Phi) is 5.19. The van der Waals surface area contributed by atoms with Crippen molar-refractivity contribution >= 4 is 11.6 Å². The Labute approximate surface area is 89.8 Å². The summed E-state index contributed by atoms with van der Waals surface area (Å²) in [5.41, 5.74) is 0.787. The monoisotopic (exact) mass is 205 g/mol. The van der Waals surface area contributed by atoms with E-state index in [0.29, 0.717) is 6.61 Å². The molecule has 1 rings (SSSR count). The largest absolute Gasteiger partial charge is 0.371 e. The van der Waals surface area contributed by atoms with Gasteiger partial charge in [0.1, 0.15) is 6.61 Å². The number of amides is 1. The van der Waals surface area contributed by atoms with Gasteiger partial charge in [-0.15, -0.1) is 6.58 Å². The summed E-state index contributed by atoms with van der Waals surface area (Å²) in [5, 5.41) is 2.73. The van der Waals surface area contributed by atoms with E-state index in [1.807, 2.05) is 30.3 Å². The number of carbonyl (C=O) groups excluding carboxylic acids is 1. The Morgan fingerprint density at radius 3 is 2.80 bits per heavy atom. The highest BCUT2D eigenvalue weighted by Gasteiger charge is 2.00. The smallest absolute Gasteiger partial charge is 0.250 e. The molecule has 1 aromatic rings. The zero-order chi connectivity index (χ0) is 10.9. The molecule has 0 saturated heterocycles. The van der Waals surface area contributed by atoms with Crippen LogP contribution in [-0.4, -0.2) is 19.1 Å². The van der Waals surface area contributed by atoms with Gasteiger partial charge in [-0.25, -0.2) is 0 Å². The molecule has 15 heavy (non-hydrogen) atoms. The van der Waals surface area contributed by atoms with Crippen molar-refractivity contribution in [1.82, 2.24) is 0 Å². The number of hydrogen-bond donors (Lipinski definition) is 1. The first-order chi connectivity index (χ1) is 7.33. The van der Waals surface area contributed by atoms with E-state index < -0.39 is 0 Å². The molecule has 0 aliphatic heterocycles. The van der Waals surface area contributed by atoms with Gasteiger partial charge in [-0.3, -0.25) is 4.79 Å². The molecule has 0 aromatic heterocycles. The maximum Gasteiger partial charge on any atom is 0.250 e. The minimum Gasteiger partial charge on any atom is -0.371 e. The summed E-state index contributed by atoms with van der Waals surface area (Å²) < 4.78 is 5.12. The molecule has 0 saturated carbocycles. The second-order valence-corrected chi connectivity index (χ2v) is 3.04. The zero-order valence-electron chi connectivity index (χ0n) is 8.61. The Morgan fingerprint density at radius 1 is 1.40 bits per heavy atom. The molecule has 1 aromatic carbocycles. The van der Waals surface area contributed by atoms with Gasteiger partial charge in [-0.2, -0.15) is 0 Å². The van der Waals surface area contributed by atoms with E-state index >= 15 is 0 Å². The molecule has 0 radical (unpaired) electrons. The molecule has 0 spiro atoms. The Bertz CT molecular complexity index is 309. The normalized spacial score (nSPS) is 9.60. The molecule has 0 heterocycles. The lowest BCUT2D eigenvalue weighted by Crippen LogP contribution is -2.18. The SMILES string of the molecule is C=CCCOCC(=O)Nc1ccccc1. The third-order valence-electron chi connectivity index (χ3n) is 1.76. The van der Waals surface area contributed by atoms with Crippen molar-refractivity contribution in [2.75, 3.05) is 18.5 Å². The lowest BCUT2D eigenvalue weighted by atomic mass is 10.3. The fourth-order valence-electron chi connectivity index (χ4n) is 1.05. The average Bonchev–Trinajstić information content (AvgIpc) is 2.26. The first-order valence-electron chi connectivity index (χ1n) is 4.86. The second kappa shape index (κ2) is 6.79. The van der Waals surface area contributed by atoms with E-state index in [0.717, 1.165) is 12.1 Å².